The summed E-state index contributed by atoms with van der Waals surface area (Å²) in [5.74, 6) is 0.104. The summed E-state index contributed by atoms with van der Waals surface area (Å²) in [6.45, 7) is 5.09. The van der Waals surface area contributed by atoms with Gasteiger partial charge in [0.2, 0.25) is 5.95 Å². The second kappa shape index (κ2) is 8.96. The third-order valence-corrected chi connectivity index (χ3v) is 4.19. The first kappa shape index (κ1) is 20.0. The van der Waals surface area contributed by atoms with Crippen LogP contribution in [0.3, 0.4) is 0 Å². The number of pyridine rings is 1. The molecule has 2 aromatic heterocycles. The monoisotopic (exact) mass is 406 g/mol. The molecule has 0 aliphatic rings. The molecule has 0 amide bonds. The normalized spacial score (nSPS) is 13.0. The molecule has 2 heterocycles. The van der Waals surface area contributed by atoms with E-state index in [-0.39, 0.29) is 17.0 Å². The molecule has 1 atom stereocenters. The van der Waals surface area contributed by atoms with Crippen molar-refractivity contribution >= 4 is 40.2 Å². The Morgan fingerprint density at radius 2 is 2.25 bits per heavy atom. The summed E-state index contributed by atoms with van der Waals surface area (Å²) in [5, 5.41) is 12.7. The lowest BCUT2D eigenvalue weighted by Crippen LogP contribution is -2.21. The van der Waals surface area contributed by atoms with Gasteiger partial charge in [0, 0.05) is 24.9 Å². The van der Waals surface area contributed by atoms with Gasteiger partial charge in [-0.05, 0) is 38.1 Å². The maximum atomic E-state index is 13.3. The molecule has 0 aliphatic heterocycles. The summed E-state index contributed by atoms with van der Waals surface area (Å²) < 4.78 is 18.8. The summed E-state index contributed by atoms with van der Waals surface area (Å²) in [5.41, 5.74) is 3.99. The number of hydroxylamine groups is 1. The van der Waals surface area contributed by atoms with E-state index < -0.39 is 5.82 Å². The van der Waals surface area contributed by atoms with Gasteiger partial charge in [0.05, 0.1) is 22.3 Å². The zero-order valence-corrected chi connectivity index (χ0v) is 16.1. The highest BCUT2D eigenvalue weighted by molar-refractivity contribution is 6.31. The molecule has 1 unspecified atom stereocenters. The van der Waals surface area contributed by atoms with Gasteiger partial charge in [0.15, 0.2) is 11.5 Å². The summed E-state index contributed by atoms with van der Waals surface area (Å²) in [7, 11) is 0. The topological polar surface area (TPSA) is 107 Å². The van der Waals surface area contributed by atoms with Crippen molar-refractivity contribution in [3.8, 4) is 0 Å². The molecule has 0 saturated heterocycles. The number of benzene rings is 1. The van der Waals surface area contributed by atoms with E-state index in [9.17, 15) is 9.60 Å². The highest BCUT2D eigenvalue weighted by Gasteiger charge is 2.14. The van der Waals surface area contributed by atoms with Crippen LogP contribution in [-0.4, -0.2) is 45.3 Å². The summed E-state index contributed by atoms with van der Waals surface area (Å²) in [6.07, 6.45) is 1.57. The molecule has 0 spiro atoms. The Kier molecular flexibility index (Phi) is 6.40. The quantitative estimate of drug-likeness (QED) is 0.271. The SMILES string of the molecule is CCOC(C)CNc1nc2nccc(C(=Nc3ccc(F)c(Cl)c3)NO)c2[nH]1. The third-order valence-electron chi connectivity index (χ3n) is 3.91. The van der Waals surface area contributed by atoms with Crippen molar-refractivity contribution in [3.05, 3.63) is 46.9 Å². The number of aromatic amines is 1. The van der Waals surface area contributed by atoms with Crippen molar-refractivity contribution in [1.29, 1.82) is 0 Å². The Morgan fingerprint density at radius 1 is 1.43 bits per heavy atom. The van der Waals surface area contributed by atoms with Crippen LogP contribution in [0.5, 0.6) is 0 Å². The number of hydrogen-bond donors (Lipinski definition) is 4. The van der Waals surface area contributed by atoms with Crippen molar-refractivity contribution in [2.24, 2.45) is 4.99 Å². The average molecular weight is 407 g/mol. The van der Waals surface area contributed by atoms with Gasteiger partial charge in [-0.15, -0.1) is 0 Å². The van der Waals surface area contributed by atoms with E-state index >= 15 is 0 Å². The molecule has 4 N–H and O–H groups in total. The third kappa shape index (κ3) is 4.56. The molecule has 0 aliphatic carbocycles. The number of imidazole rings is 1. The number of aromatic nitrogens is 3. The zero-order valence-electron chi connectivity index (χ0n) is 15.3. The van der Waals surface area contributed by atoms with Gasteiger partial charge in [-0.25, -0.2) is 14.4 Å². The molecule has 148 valence electrons. The molecule has 0 saturated carbocycles. The predicted molar refractivity (Wildman–Crippen MR) is 106 cm³/mol. The van der Waals surface area contributed by atoms with E-state index in [2.05, 4.69) is 30.7 Å². The van der Waals surface area contributed by atoms with Crippen LogP contribution in [0.4, 0.5) is 16.0 Å². The fourth-order valence-corrected chi connectivity index (χ4v) is 2.78. The van der Waals surface area contributed by atoms with Crippen molar-refractivity contribution in [2.75, 3.05) is 18.5 Å². The van der Waals surface area contributed by atoms with Gasteiger partial charge in [0.1, 0.15) is 5.82 Å². The number of halogens is 2. The van der Waals surface area contributed by atoms with E-state index in [4.69, 9.17) is 16.3 Å². The van der Waals surface area contributed by atoms with Gasteiger partial charge in [-0.2, -0.15) is 4.98 Å². The van der Waals surface area contributed by atoms with Crippen molar-refractivity contribution in [1.82, 2.24) is 20.4 Å². The average Bonchev–Trinajstić information content (AvgIpc) is 3.11. The minimum absolute atomic E-state index is 0.0186. The molecule has 10 heteroatoms. The number of anilines is 1. The Hall–Kier alpha value is -2.75. The molecule has 3 rings (SSSR count). The van der Waals surface area contributed by atoms with Crippen molar-refractivity contribution in [2.45, 2.75) is 20.0 Å². The van der Waals surface area contributed by atoms with Gasteiger partial charge in [0.25, 0.3) is 0 Å². The van der Waals surface area contributed by atoms with Crippen molar-refractivity contribution < 1.29 is 14.3 Å². The number of fused-ring (bicyclic) bond motifs is 1. The number of ether oxygens (including phenoxy) is 1. The van der Waals surface area contributed by atoms with Crippen LogP contribution in [0.15, 0.2) is 35.5 Å². The van der Waals surface area contributed by atoms with Crippen LogP contribution in [0.25, 0.3) is 11.2 Å². The molecule has 1 aromatic carbocycles. The van der Waals surface area contributed by atoms with Gasteiger partial charge in [-0.3, -0.25) is 10.7 Å². The van der Waals surface area contributed by atoms with Crippen LogP contribution in [0.1, 0.15) is 19.4 Å². The fraction of sp³-hybridized carbons (Fsp3) is 0.278. The first-order chi connectivity index (χ1) is 13.5. The van der Waals surface area contributed by atoms with Gasteiger partial charge in [-0.1, -0.05) is 11.6 Å². The number of amidine groups is 1. The second-order valence-corrected chi connectivity index (χ2v) is 6.37. The highest BCUT2D eigenvalue weighted by Crippen LogP contribution is 2.23. The van der Waals surface area contributed by atoms with Crippen LogP contribution in [0.2, 0.25) is 5.02 Å². The number of nitrogens with zero attached hydrogens (tertiary/aromatic N) is 3. The summed E-state index contributed by atoms with van der Waals surface area (Å²) in [6, 6.07) is 5.68. The molecular weight excluding hydrogens is 387 g/mol. The Labute approximate surface area is 165 Å². The lowest BCUT2D eigenvalue weighted by Gasteiger charge is -2.11. The number of H-pyrrole nitrogens is 1. The molecule has 0 radical (unpaired) electrons. The van der Waals surface area contributed by atoms with Crippen molar-refractivity contribution in [3.63, 3.8) is 0 Å². The minimum Gasteiger partial charge on any atom is -0.377 e. The maximum Gasteiger partial charge on any atom is 0.202 e. The number of aliphatic imine (C=N–C) groups is 1. The van der Waals surface area contributed by atoms with Crippen LogP contribution in [-0.2, 0) is 4.74 Å². The highest BCUT2D eigenvalue weighted by atomic mass is 35.5. The van der Waals surface area contributed by atoms with E-state index in [1.54, 1.807) is 12.3 Å². The molecular formula is C18H20ClFN6O2. The Bertz CT molecular complexity index is 993. The van der Waals surface area contributed by atoms with Crippen LogP contribution in [0, 0.1) is 5.82 Å². The minimum atomic E-state index is -0.545. The second-order valence-electron chi connectivity index (χ2n) is 5.96. The lowest BCUT2D eigenvalue weighted by molar-refractivity contribution is 0.0854. The van der Waals surface area contributed by atoms with Gasteiger partial charge < -0.3 is 15.0 Å². The molecule has 28 heavy (non-hydrogen) atoms. The van der Waals surface area contributed by atoms with E-state index in [0.717, 1.165) is 0 Å². The first-order valence-corrected chi connectivity index (χ1v) is 9.04. The summed E-state index contributed by atoms with van der Waals surface area (Å²) in [4.78, 5) is 16.0. The van der Waals surface area contributed by atoms with Crippen LogP contribution >= 0.6 is 11.6 Å². The smallest absolute Gasteiger partial charge is 0.202 e. The largest absolute Gasteiger partial charge is 0.377 e. The Morgan fingerprint density at radius 3 is 2.96 bits per heavy atom. The van der Waals surface area contributed by atoms with E-state index in [0.29, 0.717) is 41.5 Å². The van der Waals surface area contributed by atoms with Gasteiger partial charge >= 0.3 is 0 Å². The summed E-state index contributed by atoms with van der Waals surface area (Å²) >= 11 is 5.80. The van der Waals surface area contributed by atoms with Crippen LogP contribution < -0.4 is 10.8 Å². The molecule has 8 nitrogen and oxygen atoms in total. The lowest BCUT2D eigenvalue weighted by atomic mass is 10.2. The zero-order chi connectivity index (χ0) is 20.1. The number of hydrogen-bond acceptors (Lipinski definition) is 6. The number of nitrogens with one attached hydrogen (secondary N) is 3. The predicted octanol–water partition coefficient (Wildman–Crippen LogP) is 3.64. The van der Waals surface area contributed by atoms with E-state index in [1.165, 1.54) is 18.2 Å². The standard InChI is InChI=1S/C18H20ClFN6O2/c1-3-28-10(2)9-22-18-24-15-12(6-7-21-17(15)25-18)16(26-27)23-11-4-5-14(20)13(19)8-11/h4-8,10,27H,3,9H2,1-2H3,(H,23,26)(H2,21,22,24,25). The van der Waals surface area contributed by atoms with E-state index in [1.807, 2.05) is 13.8 Å². The molecule has 3 aromatic rings. The maximum absolute atomic E-state index is 13.3. The molecule has 0 fully saturated rings. The fourth-order valence-electron chi connectivity index (χ4n) is 2.61. The molecule has 0 bridgehead atoms. The Balaban J connectivity index is 1.92. The number of rotatable bonds is 7. The first-order valence-electron chi connectivity index (χ1n) is 8.66.